The van der Waals surface area contributed by atoms with Gasteiger partial charge in [-0.25, -0.2) is 0 Å². The number of fused-ring (bicyclic) bond motifs is 9. The van der Waals surface area contributed by atoms with Crippen molar-refractivity contribution >= 4 is 60.4 Å². The SMILES string of the molecule is [2H]c1c([2H])c([2H])c2c(c1[2H])c1c3c(-c4ccccc4)cccc3ccc1n2-c1cc(N(c2ccc3c(c2)C(C)(C)c2ccccc2-3)c2ccccc2-c2ccccc2)c2ccccc2c1. The first-order valence-corrected chi connectivity index (χ1v) is 20.9. The van der Waals surface area contributed by atoms with Crippen molar-refractivity contribution in [2.24, 2.45) is 0 Å². The molecular weight excluding hydrogens is 737 g/mol. The van der Waals surface area contributed by atoms with E-state index in [1.807, 2.05) is 24.3 Å². The minimum atomic E-state index is -0.264. The molecule has 10 aromatic carbocycles. The molecular formula is C59H42N2. The zero-order valence-corrected chi connectivity index (χ0v) is 33.9. The van der Waals surface area contributed by atoms with E-state index in [0.717, 1.165) is 77.5 Å². The van der Waals surface area contributed by atoms with Crippen LogP contribution in [0, 0.1) is 0 Å². The number of aromatic nitrogens is 1. The van der Waals surface area contributed by atoms with Crippen LogP contribution in [0.5, 0.6) is 0 Å². The maximum absolute atomic E-state index is 9.61. The van der Waals surface area contributed by atoms with E-state index in [0.29, 0.717) is 10.9 Å². The second kappa shape index (κ2) is 13.7. The molecule has 1 heterocycles. The van der Waals surface area contributed by atoms with Crippen molar-refractivity contribution in [1.29, 1.82) is 0 Å². The van der Waals surface area contributed by atoms with E-state index in [9.17, 15) is 2.74 Å². The summed E-state index contributed by atoms with van der Waals surface area (Å²) in [5.74, 6) is 0. The van der Waals surface area contributed by atoms with Crippen LogP contribution >= 0.6 is 0 Å². The van der Waals surface area contributed by atoms with Crippen LogP contribution in [0.2, 0.25) is 0 Å². The standard InChI is InChI=1S/C59H42N2/c1-59(2)51-29-14-11-26-48(51)49-34-33-43(37-52(49)59)60(53-30-15-12-24-45(53)39-18-5-3-6-19-39)56-38-44(36-42-22-9-10-25-46(42)56)61-54-31-16-13-27-50(54)58-55(61)35-32-41-23-17-28-47(57(41)58)40-20-7-4-8-21-40/h3-38H,1-2H3/i13D,16D,27D,31D. The molecule has 1 aliphatic carbocycles. The second-order valence-electron chi connectivity index (χ2n) is 16.6. The fourth-order valence-electron chi connectivity index (χ4n) is 10.1. The molecule has 288 valence electrons. The summed E-state index contributed by atoms with van der Waals surface area (Å²) in [5, 5.41) is 5.28. The summed E-state index contributed by atoms with van der Waals surface area (Å²) < 4.78 is 39.2. The average molecular weight is 783 g/mol. The van der Waals surface area contributed by atoms with Crippen molar-refractivity contribution in [3.8, 4) is 39.1 Å². The predicted octanol–water partition coefficient (Wildman–Crippen LogP) is 16.2. The third kappa shape index (κ3) is 5.42. The zero-order valence-electron chi connectivity index (χ0n) is 37.9. The van der Waals surface area contributed by atoms with E-state index in [1.54, 1.807) is 0 Å². The number of hydrogen-bond donors (Lipinski definition) is 0. The minimum absolute atomic E-state index is 0.0544. The largest absolute Gasteiger partial charge is 0.309 e. The van der Waals surface area contributed by atoms with Gasteiger partial charge < -0.3 is 9.47 Å². The van der Waals surface area contributed by atoms with Crippen LogP contribution in [-0.2, 0) is 5.41 Å². The Morgan fingerprint density at radius 1 is 0.443 bits per heavy atom. The summed E-state index contributed by atoms with van der Waals surface area (Å²) in [6, 6.07) is 67.7. The maximum Gasteiger partial charge on any atom is 0.0645 e. The summed E-state index contributed by atoms with van der Waals surface area (Å²) in [4.78, 5) is 2.39. The van der Waals surface area contributed by atoms with Crippen LogP contribution in [0.1, 0.15) is 30.5 Å². The first-order chi connectivity index (χ1) is 31.7. The van der Waals surface area contributed by atoms with E-state index in [4.69, 9.17) is 2.74 Å². The number of hydrogen-bond acceptors (Lipinski definition) is 1. The van der Waals surface area contributed by atoms with E-state index in [1.165, 1.54) is 22.3 Å². The third-order valence-electron chi connectivity index (χ3n) is 12.9. The van der Waals surface area contributed by atoms with Crippen LogP contribution in [0.4, 0.5) is 17.1 Å². The highest BCUT2D eigenvalue weighted by Crippen LogP contribution is 2.52. The average Bonchev–Trinajstić information content (AvgIpc) is 3.82. The third-order valence-corrected chi connectivity index (χ3v) is 12.9. The van der Waals surface area contributed by atoms with Gasteiger partial charge in [0.15, 0.2) is 0 Å². The van der Waals surface area contributed by atoms with Gasteiger partial charge >= 0.3 is 0 Å². The Labute approximate surface area is 361 Å². The molecule has 0 N–H and O–H groups in total. The van der Waals surface area contributed by atoms with Gasteiger partial charge in [0.25, 0.3) is 0 Å². The molecule has 0 saturated carbocycles. The smallest absolute Gasteiger partial charge is 0.0645 e. The van der Waals surface area contributed by atoms with Crippen LogP contribution < -0.4 is 4.90 Å². The van der Waals surface area contributed by atoms with Gasteiger partial charge in [-0.2, -0.15) is 0 Å². The summed E-state index contributed by atoms with van der Waals surface area (Å²) in [6.07, 6.45) is 0. The molecule has 11 aromatic rings. The topological polar surface area (TPSA) is 8.17 Å². The van der Waals surface area contributed by atoms with Crippen molar-refractivity contribution < 1.29 is 5.48 Å². The van der Waals surface area contributed by atoms with Crippen LogP contribution in [0.3, 0.4) is 0 Å². The predicted molar refractivity (Wildman–Crippen MR) is 259 cm³/mol. The van der Waals surface area contributed by atoms with Gasteiger partial charge in [0.05, 0.1) is 27.9 Å². The molecule has 2 heteroatoms. The molecule has 0 spiro atoms. The van der Waals surface area contributed by atoms with Gasteiger partial charge in [0, 0.05) is 38.5 Å². The van der Waals surface area contributed by atoms with Gasteiger partial charge in [-0.05, 0) is 97.5 Å². The van der Waals surface area contributed by atoms with E-state index >= 15 is 0 Å². The van der Waals surface area contributed by atoms with Crippen LogP contribution in [-0.4, -0.2) is 4.57 Å². The summed E-state index contributed by atoms with van der Waals surface area (Å²) in [5.41, 5.74) is 14.1. The molecule has 12 rings (SSSR count). The lowest BCUT2D eigenvalue weighted by molar-refractivity contribution is 0.660. The van der Waals surface area contributed by atoms with Gasteiger partial charge in [0.1, 0.15) is 0 Å². The van der Waals surface area contributed by atoms with Gasteiger partial charge in [0.2, 0.25) is 0 Å². The number of benzene rings is 10. The van der Waals surface area contributed by atoms with Gasteiger partial charge in [-0.1, -0.05) is 190 Å². The Hall–Kier alpha value is -7.68. The molecule has 2 nitrogen and oxygen atoms in total. The Bertz CT molecular complexity index is 3740. The van der Waals surface area contributed by atoms with E-state index in [2.05, 4.69) is 193 Å². The highest BCUT2D eigenvalue weighted by molar-refractivity contribution is 6.25. The highest BCUT2D eigenvalue weighted by Gasteiger charge is 2.36. The molecule has 1 aliphatic rings. The number of anilines is 3. The summed E-state index contributed by atoms with van der Waals surface area (Å²) in [7, 11) is 0. The van der Waals surface area contributed by atoms with Crippen LogP contribution in [0.15, 0.2) is 218 Å². The number of nitrogens with zero attached hydrogens (tertiary/aromatic N) is 2. The molecule has 1 aromatic heterocycles. The monoisotopic (exact) mass is 782 g/mol. The van der Waals surface area contributed by atoms with Crippen molar-refractivity contribution in [1.82, 2.24) is 4.57 Å². The lowest BCUT2D eigenvalue weighted by atomic mass is 9.82. The van der Waals surface area contributed by atoms with Gasteiger partial charge in [-0.3, -0.25) is 0 Å². The molecule has 0 saturated heterocycles. The van der Waals surface area contributed by atoms with Crippen LogP contribution in [0.25, 0.3) is 82.4 Å². The van der Waals surface area contributed by atoms with E-state index in [-0.39, 0.29) is 29.6 Å². The molecule has 0 bridgehead atoms. The highest BCUT2D eigenvalue weighted by atomic mass is 15.1. The fraction of sp³-hybridized carbons (Fsp3) is 0.0508. The quantitative estimate of drug-likeness (QED) is 0.163. The lowest BCUT2D eigenvalue weighted by Gasteiger charge is -2.31. The molecule has 0 unspecified atom stereocenters. The Morgan fingerprint density at radius 3 is 1.93 bits per heavy atom. The second-order valence-corrected chi connectivity index (χ2v) is 16.6. The molecule has 61 heavy (non-hydrogen) atoms. The normalized spacial score (nSPS) is 13.8. The molecule has 0 fully saturated rings. The number of rotatable bonds is 6. The molecule has 0 amide bonds. The lowest BCUT2D eigenvalue weighted by Crippen LogP contribution is -2.17. The maximum atomic E-state index is 9.61. The van der Waals surface area contributed by atoms with Gasteiger partial charge in [-0.15, -0.1) is 0 Å². The Morgan fingerprint density at radius 2 is 1.10 bits per heavy atom. The summed E-state index contributed by atoms with van der Waals surface area (Å²) in [6.45, 7) is 4.63. The first kappa shape index (κ1) is 31.3. The van der Waals surface area contributed by atoms with Crippen molar-refractivity contribution in [2.75, 3.05) is 4.90 Å². The molecule has 0 aliphatic heterocycles. The zero-order chi connectivity index (χ0) is 44.1. The van der Waals surface area contributed by atoms with E-state index < -0.39 is 0 Å². The van der Waals surface area contributed by atoms with Crippen molar-refractivity contribution in [3.05, 3.63) is 229 Å². The molecule has 0 radical (unpaired) electrons. The van der Waals surface area contributed by atoms with Crippen molar-refractivity contribution in [3.63, 3.8) is 0 Å². The Kier molecular flexibility index (Phi) is 7.02. The van der Waals surface area contributed by atoms with Crippen molar-refractivity contribution in [2.45, 2.75) is 19.3 Å². The Balaban J connectivity index is 1.20. The molecule has 0 atom stereocenters. The number of para-hydroxylation sites is 2. The summed E-state index contributed by atoms with van der Waals surface area (Å²) >= 11 is 0. The first-order valence-electron chi connectivity index (χ1n) is 22.9. The fourth-order valence-corrected chi connectivity index (χ4v) is 10.1. The minimum Gasteiger partial charge on any atom is -0.309 e.